The molecule has 1 unspecified atom stereocenters. The van der Waals surface area contributed by atoms with Crippen LogP contribution in [-0.2, 0) is 17.9 Å². The molecule has 1 amide bonds. The van der Waals surface area contributed by atoms with Crippen molar-refractivity contribution in [2.75, 3.05) is 19.6 Å². The topological polar surface area (TPSA) is 44.4 Å². The third-order valence-electron chi connectivity index (χ3n) is 5.39. The summed E-state index contributed by atoms with van der Waals surface area (Å²) in [5, 5.41) is 6.41. The van der Waals surface area contributed by atoms with Gasteiger partial charge in [-0.1, -0.05) is 31.2 Å². The smallest absolute Gasteiger partial charge is 0.221 e. The molecule has 132 valence electrons. The van der Waals surface area contributed by atoms with Gasteiger partial charge in [-0.3, -0.25) is 9.69 Å². The standard InChI is InChI=1S/C20H31N3O/c1-16-8-11-23(12-9-16)15-18-6-4-17(5-7-18)14-22-20(24)13-19-3-2-10-21-19/h4-7,16,19,21H,2-3,8-15H2,1H3,(H,22,24). The molecule has 1 atom stereocenters. The number of carbonyl (C=O) groups excluding carboxylic acids is 1. The van der Waals surface area contributed by atoms with E-state index in [1.165, 1.54) is 43.5 Å². The van der Waals surface area contributed by atoms with Gasteiger partial charge in [0.15, 0.2) is 0 Å². The van der Waals surface area contributed by atoms with Crippen LogP contribution in [0.15, 0.2) is 24.3 Å². The van der Waals surface area contributed by atoms with Crippen LogP contribution < -0.4 is 10.6 Å². The normalized spacial score (nSPS) is 22.6. The Morgan fingerprint density at radius 1 is 1.17 bits per heavy atom. The molecule has 1 aromatic carbocycles. The molecule has 0 aliphatic carbocycles. The van der Waals surface area contributed by atoms with Crippen LogP contribution in [0, 0.1) is 5.92 Å². The highest BCUT2D eigenvalue weighted by atomic mass is 16.1. The summed E-state index contributed by atoms with van der Waals surface area (Å²) < 4.78 is 0. The number of benzene rings is 1. The van der Waals surface area contributed by atoms with Gasteiger partial charge in [0.05, 0.1) is 0 Å². The number of nitrogens with one attached hydrogen (secondary N) is 2. The Kier molecular flexibility index (Phi) is 6.27. The van der Waals surface area contributed by atoms with E-state index in [0.717, 1.165) is 25.4 Å². The molecule has 2 heterocycles. The van der Waals surface area contributed by atoms with Crippen molar-refractivity contribution in [2.24, 2.45) is 5.92 Å². The monoisotopic (exact) mass is 329 g/mol. The van der Waals surface area contributed by atoms with Crippen LogP contribution in [-0.4, -0.2) is 36.5 Å². The van der Waals surface area contributed by atoms with Gasteiger partial charge >= 0.3 is 0 Å². The molecule has 4 nitrogen and oxygen atoms in total. The molecule has 2 fully saturated rings. The van der Waals surface area contributed by atoms with E-state index >= 15 is 0 Å². The maximum Gasteiger partial charge on any atom is 0.221 e. The van der Waals surface area contributed by atoms with Crippen molar-refractivity contribution >= 4 is 5.91 Å². The number of piperidine rings is 1. The Hall–Kier alpha value is -1.39. The first-order valence-electron chi connectivity index (χ1n) is 9.49. The molecule has 1 aromatic rings. The molecule has 24 heavy (non-hydrogen) atoms. The average Bonchev–Trinajstić information content (AvgIpc) is 3.09. The third-order valence-corrected chi connectivity index (χ3v) is 5.39. The highest BCUT2D eigenvalue weighted by Gasteiger charge is 2.17. The minimum absolute atomic E-state index is 0.154. The minimum atomic E-state index is 0.154. The zero-order chi connectivity index (χ0) is 16.8. The summed E-state index contributed by atoms with van der Waals surface area (Å²) in [7, 11) is 0. The van der Waals surface area contributed by atoms with Gasteiger partial charge in [-0.15, -0.1) is 0 Å². The van der Waals surface area contributed by atoms with E-state index in [2.05, 4.69) is 46.7 Å². The lowest BCUT2D eigenvalue weighted by molar-refractivity contribution is -0.121. The van der Waals surface area contributed by atoms with E-state index in [1.54, 1.807) is 0 Å². The van der Waals surface area contributed by atoms with Gasteiger partial charge in [-0.05, 0) is 62.4 Å². The lowest BCUT2D eigenvalue weighted by Crippen LogP contribution is -2.32. The molecular formula is C20H31N3O. The van der Waals surface area contributed by atoms with Crippen LogP contribution in [0.1, 0.15) is 50.2 Å². The van der Waals surface area contributed by atoms with Crippen LogP contribution in [0.3, 0.4) is 0 Å². The first kappa shape index (κ1) is 17.4. The molecule has 2 aliphatic heterocycles. The highest BCUT2D eigenvalue weighted by molar-refractivity contribution is 5.76. The second-order valence-electron chi connectivity index (χ2n) is 7.55. The summed E-state index contributed by atoms with van der Waals surface area (Å²) in [6.07, 6.45) is 5.55. The second-order valence-corrected chi connectivity index (χ2v) is 7.55. The summed E-state index contributed by atoms with van der Waals surface area (Å²) in [5.41, 5.74) is 2.55. The molecule has 0 radical (unpaired) electrons. The van der Waals surface area contributed by atoms with Crippen molar-refractivity contribution in [3.8, 4) is 0 Å². The molecule has 0 aromatic heterocycles. The van der Waals surface area contributed by atoms with E-state index in [9.17, 15) is 4.79 Å². The first-order valence-corrected chi connectivity index (χ1v) is 9.49. The number of likely N-dealkylation sites (tertiary alicyclic amines) is 1. The van der Waals surface area contributed by atoms with Gasteiger partial charge in [-0.2, -0.15) is 0 Å². The molecule has 2 N–H and O–H groups in total. The van der Waals surface area contributed by atoms with Crippen LogP contribution >= 0.6 is 0 Å². The van der Waals surface area contributed by atoms with Gasteiger partial charge in [0.1, 0.15) is 0 Å². The lowest BCUT2D eigenvalue weighted by atomic mass is 9.99. The maximum absolute atomic E-state index is 12.0. The summed E-state index contributed by atoms with van der Waals surface area (Å²) in [6.45, 7) is 7.51. The summed E-state index contributed by atoms with van der Waals surface area (Å²) in [5.74, 6) is 1.03. The van der Waals surface area contributed by atoms with E-state index in [1.807, 2.05) is 0 Å². The number of hydrogen-bond acceptors (Lipinski definition) is 3. The van der Waals surface area contributed by atoms with Crippen molar-refractivity contribution in [3.05, 3.63) is 35.4 Å². The van der Waals surface area contributed by atoms with Crippen molar-refractivity contribution in [2.45, 2.75) is 58.2 Å². The highest BCUT2D eigenvalue weighted by Crippen LogP contribution is 2.18. The zero-order valence-electron chi connectivity index (χ0n) is 14.9. The molecule has 0 spiro atoms. The van der Waals surface area contributed by atoms with E-state index in [-0.39, 0.29) is 5.91 Å². The number of hydrogen-bond donors (Lipinski definition) is 2. The van der Waals surface area contributed by atoms with Crippen molar-refractivity contribution in [3.63, 3.8) is 0 Å². The molecule has 2 saturated heterocycles. The van der Waals surface area contributed by atoms with Crippen LogP contribution in [0.5, 0.6) is 0 Å². The molecule has 0 saturated carbocycles. The Bertz CT molecular complexity index is 514. The molecule has 2 aliphatic rings. The first-order chi connectivity index (χ1) is 11.7. The van der Waals surface area contributed by atoms with E-state index in [4.69, 9.17) is 0 Å². The number of nitrogens with zero attached hydrogens (tertiary/aromatic N) is 1. The van der Waals surface area contributed by atoms with Crippen molar-refractivity contribution in [1.29, 1.82) is 0 Å². The predicted octanol–water partition coefficient (Wildman–Crippen LogP) is 2.68. The fourth-order valence-corrected chi connectivity index (χ4v) is 3.67. The largest absolute Gasteiger partial charge is 0.352 e. The Labute approximate surface area is 146 Å². The summed E-state index contributed by atoms with van der Waals surface area (Å²) in [6, 6.07) is 9.09. The van der Waals surface area contributed by atoms with Gasteiger partial charge in [0, 0.05) is 25.6 Å². The average molecular weight is 329 g/mol. The van der Waals surface area contributed by atoms with E-state index in [0.29, 0.717) is 19.0 Å². The van der Waals surface area contributed by atoms with Gasteiger partial charge in [0.25, 0.3) is 0 Å². The maximum atomic E-state index is 12.0. The Morgan fingerprint density at radius 3 is 2.54 bits per heavy atom. The molecular weight excluding hydrogens is 298 g/mol. The zero-order valence-corrected chi connectivity index (χ0v) is 14.9. The molecule has 0 bridgehead atoms. The summed E-state index contributed by atoms with van der Waals surface area (Å²) >= 11 is 0. The van der Waals surface area contributed by atoms with E-state index < -0.39 is 0 Å². The predicted molar refractivity (Wildman–Crippen MR) is 97.6 cm³/mol. The summed E-state index contributed by atoms with van der Waals surface area (Å²) in [4.78, 5) is 14.5. The SMILES string of the molecule is CC1CCN(Cc2ccc(CNC(=O)CC3CCCN3)cc2)CC1. The quantitative estimate of drug-likeness (QED) is 0.843. The Morgan fingerprint density at radius 2 is 1.88 bits per heavy atom. The molecule has 3 rings (SSSR count). The lowest BCUT2D eigenvalue weighted by Gasteiger charge is -2.30. The van der Waals surface area contributed by atoms with Gasteiger partial charge in [0.2, 0.25) is 5.91 Å². The van der Waals surface area contributed by atoms with Crippen molar-refractivity contribution in [1.82, 2.24) is 15.5 Å². The second kappa shape index (κ2) is 8.63. The third kappa shape index (κ3) is 5.32. The number of carbonyl (C=O) groups is 1. The van der Waals surface area contributed by atoms with Crippen LogP contribution in [0.4, 0.5) is 0 Å². The van der Waals surface area contributed by atoms with Gasteiger partial charge in [-0.25, -0.2) is 0 Å². The van der Waals surface area contributed by atoms with Gasteiger partial charge < -0.3 is 10.6 Å². The number of amides is 1. The van der Waals surface area contributed by atoms with Crippen molar-refractivity contribution < 1.29 is 4.79 Å². The number of rotatable bonds is 6. The van der Waals surface area contributed by atoms with Crippen LogP contribution in [0.2, 0.25) is 0 Å². The minimum Gasteiger partial charge on any atom is -0.352 e. The van der Waals surface area contributed by atoms with Crippen LogP contribution in [0.25, 0.3) is 0 Å². The fourth-order valence-electron chi connectivity index (χ4n) is 3.67. The Balaban J connectivity index is 1.40. The fraction of sp³-hybridized carbons (Fsp3) is 0.650. The molecule has 4 heteroatoms.